The van der Waals surface area contributed by atoms with Crippen LogP contribution in [0.1, 0.15) is 10.4 Å². The van der Waals surface area contributed by atoms with Gasteiger partial charge >= 0.3 is 5.97 Å². The number of carboxylic acid groups (broad SMARTS) is 1. The molecule has 20 heavy (non-hydrogen) atoms. The molecule has 0 aliphatic carbocycles. The van der Waals surface area contributed by atoms with Crippen LogP contribution in [0.4, 0.5) is 0 Å². The zero-order valence-electron chi connectivity index (χ0n) is 11.2. The highest BCUT2D eigenvalue weighted by atomic mass is 16.5. The highest BCUT2D eigenvalue weighted by Crippen LogP contribution is 2.32. The molecule has 0 fully saturated rings. The number of methoxy groups -OCH3 is 1. The van der Waals surface area contributed by atoms with Gasteiger partial charge in [0.25, 0.3) is 0 Å². The highest BCUT2D eigenvalue weighted by Gasteiger charge is 2.14. The van der Waals surface area contributed by atoms with Gasteiger partial charge in [-0.25, -0.2) is 4.79 Å². The number of ether oxygens (including phenoxy) is 2. The quantitative estimate of drug-likeness (QED) is 0.821. The van der Waals surface area contributed by atoms with Gasteiger partial charge in [0.1, 0.15) is 12.4 Å². The molecule has 1 N–H and O–H groups in total. The number of hydrogen-bond donors (Lipinski definition) is 1. The van der Waals surface area contributed by atoms with Crippen molar-refractivity contribution in [2.24, 2.45) is 0 Å². The third-order valence-corrected chi connectivity index (χ3v) is 2.88. The molecule has 0 saturated heterocycles. The minimum absolute atomic E-state index is 0.260. The van der Waals surface area contributed by atoms with Crippen molar-refractivity contribution >= 4 is 5.97 Å². The molecule has 104 valence electrons. The van der Waals surface area contributed by atoms with Crippen molar-refractivity contribution in [1.29, 1.82) is 0 Å². The van der Waals surface area contributed by atoms with E-state index < -0.39 is 5.97 Å². The number of carboxylic acids is 1. The molecule has 0 spiro atoms. The Bertz CT molecular complexity index is 593. The molecule has 2 aromatic rings. The molecule has 0 amide bonds. The number of rotatable bonds is 6. The van der Waals surface area contributed by atoms with Crippen LogP contribution in [0.2, 0.25) is 0 Å². The maximum atomic E-state index is 11.3. The highest BCUT2D eigenvalue weighted by molar-refractivity contribution is 5.96. The molecule has 0 aromatic heterocycles. The maximum absolute atomic E-state index is 11.3. The fourth-order valence-corrected chi connectivity index (χ4v) is 1.95. The first kappa shape index (κ1) is 14.1. The second-order valence-electron chi connectivity index (χ2n) is 4.19. The lowest BCUT2D eigenvalue weighted by Crippen LogP contribution is -2.06. The van der Waals surface area contributed by atoms with Crippen molar-refractivity contribution in [3.63, 3.8) is 0 Å². The molecule has 2 aromatic carbocycles. The molecular weight excluding hydrogens is 256 g/mol. The SMILES string of the molecule is COCCOc1ccccc1-c1ccccc1C(=O)O. The third-order valence-electron chi connectivity index (χ3n) is 2.88. The predicted octanol–water partition coefficient (Wildman–Crippen LogP) is 3.08. The average molecular weight is 272 g/mol. The molecule has 0 aliphatic rings. The molecule has 0 heterocycles. The van der Waals surface area contributed by atoms with Crippen LogP contribution in [0.15, 0.2) is 48.5 Å². The Balaban J connectivity index is 2.40. The molecular formula is C16H16O4. The van der Waals surface area contributed by atoms with E-state index in [9.17, 15) is 9.90 Å². The van der Waals surface area contributed by atoms with E-state index in [2.05, 4.69) is 0 Å². The zero-order valence-corrected chi connectivity index (χ0v) is 11.2. The first-order valence-corrected chi connectivity index (χ1v) is 6.27. The van der Waals surface area contributed by atoms with Crippen LogP contribution >= 0.6 is 0 Å². The zero-order chi connectivity index (χ0) is 14.4. The minimum Gasteiger partial charge on any atom is -0.491 e. The summed E-state index contributed by atoms with van der Waals surface area (Å²) in [6.07, 6.45) is 0. The van der Waals surface area contributed by atoms with Gasteiger partial charge in [0.2, 0.25) is 0 Å². The Morgan fingerprint density at radius 1 is 1.00 bits per heavy atom. The number of para-hydroxylation sites is 1. The van der Waals surface area contributed by atoms with E-state index in [4.69, 9.17) is 9.47 Å². The van der Waals surface area contributed by atoms with Crippen molar-refractivity contribution in [2.45, 2.75) is 0 Å². The average Bonchev–Trinajstić information content (AvgIpc) is 2.48. The summed E-state index contributed by atoms with van der Waals surface area (Å²) >= 11 is 0. The molecule has 0 unspecified atom stereocenters. The van der Waals surface area contributed by atoms with Crippen LogP contribution in [0, 0.1) is 0 Å². The van der Waals surface area contributed by atoms with Gasteiger partial charge in [0.05, 0.1) is 12.2 Å². The van der Waals surface area contributed by atoms with E-state index in [1.807, 2.05) is 30.3 Å². The Morgan fingerprint density at radius 3 is 2.35 bits per heavy atom. The second-order valence-corrected chi connectivity index (χ2v) is 4.19. The molecule has 0 radical (unpaired) electrons. The van der Waals surface area contributed by atoms with Crippen LogP contribution in [-0.4, -0.2) is 31.4 Å². The van der Waals surface area contributed by atoms with Gasteiger partial charge in [-0.15, -0.1) is 0 Å². The Morgan fingerprint density at radius 2 is 1.65 bits per heavy atom. The summed E-state index contributed by atoms with van der Waals surface area (Å²) in [5, 5.41) is 9.27. The van der Waals surface area contributed by atoms with Crippen molar-refractivity contribution in [2.75, 3.05) is 20.3 Å². The molecule has 0 saturated carbocycles. The minimum atomic E-state index is -0.952. The third kappa shape index (κ3) is 3.16. The first-order valence-electron chi connectivity index (χ1n) is 6.27. The smallest absolute Gasteiger partial charge is 0.336 e. The summed E-state index contributed by atoms with van der Waals surface area (Å²) in [5.41, 5.74) is 1.67. The summed E-state index contributed by atoms with van der Waals surface area (Å²) in [6, 6.07) is 14.3. The molecule has 4 heteroatoms. The molecule has 0 atom stereocenters. The lowest BCUT2D eigenvalue weighted by atomic mass is 9.99. The Labute approximate surface area is 117 Å². The molecule has 0 bridgehead atoms. The normalized spacial score (nSPS) is 10.2. The summed E-state index contributed by atoms with van der Waals surface area (Å²) in [7, 11) is 1.61. The predicted molar refractivity (Wildman–Crippen MR) is 76.2 cm³/mol. The first-order chi connectivity index (χ1) is 9.74. The Kier molecular flexibility index (Phi) is 4.74. The van der Waals surface area contributed by atoms with E-state index in [1.54, 1.807) is 25.3 Å². The fraction of sp³-hybridized carbons (Fsp3) is 0.188. The van der Waals surface area contributed by atoms with Gasteiger partial charge in [0, 0.05) is 12.7 Å². The number of carbonyl (C=O) groups is 1. The van der Waals surface area contributed by atoms with E-state index in [-0.39, 0.29) is 5.56 Å². The van der Waals surface area contributed by atoms with Crippen molar-refractivity contribution < 1.29 is 19.4 Å². The van der Waals surface area contributed by atoms with Gasteiger partial charge in [0.15, 0.2) is 0 Å². The maximum Gasteiger partial charge on any atom is 0.336 e. The number of benzene rings is 2. The van der Waals surface area contributed by atoms with Crippen LogP contribution in [-0.2, 0) is 4.74 Å². The number of hydrogen-bond acceptors (Lipinski definition) is 3. The van der Waals surface area contributed by atoms with Crippen LogP contribution < -0.4 is 4.74 Å². The van der Waals surface area contributed by atoms with Gasteiger partial charge in [-0.2, -0.15) is 0 Å². The lowest BCUT2D eigenvalue weighted by Gasteiger charge is -2.13. The van der Waals surface area contributed by atoms with E-state index in [0.29, 0.717) is 24.5 Å². The molecule has 0 aliphatic heterocycles. The van der Waals surface area contributed by atoms with Crippen molar-refractivity contribution in [3.05, 3.63) is 54.1 Å². The lowest BCUT2D eigenvalue weighted by molar-refractivity contribution is 0.0697. The fourth-order valence-electron chi connectivity index (χ4n) is 1.95. The molecule has 4 nitrogen and oxygen atoms in total. The van der Waals surface area contributed by atoms with Crippen LogP contribution in [0.3, 0.4) is 0 Å². The van der Waals surface area contributed by atoms with E-state index in [0.717, 1.165) is 5.56 Å². The largest absolute Gasteiger partial charge is 0.491 e. The van der Waals surface area contributed by atoms with Crippen molar-refractivity contribution in [3.8, 4) is 16.9 Å². The second kappa shape index (κ2) is 6.73. The van der Waals surface area contributed by atoms with Crippen LogP contribution in [0.25, 0.3) is 11.1 Å². The Hall–Kier alpha value is -2.33. The van der Waals surface area contributed by atoms with Gasteiger partial charge in [-0.05, 0) is 17.7 Å². The van der Waals surface area contributed by atoms with Crippen molar-refractivity contribution in [1.82, 2.24) is 0 Å². The molecule has 2 rings (SSSR count). The monoisotopic (exact) mass is 272 g/mol. The summed E-state index contributed by atoms with van der Waals surface area (Å²) in [5.74, 6) is -0.300. The van der Waals surface area contributed by atoms with E-state index in [1.165, 1.54) is 0 Å². The summed E-state index contributed by atoms with van der Waals surface area (Å²) in [4.78, 5) is 11.3. The topological polar surface area (TPSA) is 55.8 Å². The summed E-state index contributed by atoms with van der Waals surface area (Å²) in [6.45, 7) is 0.900. The van der Waals surface area contributed by atoms with Gasteiger partial charge in [-0.3, -0.25) is 0 Å². The van der Waals surface area contributed by atoms with Gasteiger partial charge in [-0.1, -0.05) is 36.4 Å². The summed E-state index contributed by atoms with van der Waals surface area (Å²) < 4.78 is 10.6. The van der Waals surface area contributed by atoms with E-state index >= 15 is 0 Å². The standard InChI is InChI=1S/C16H16O4/c1-19-10-11-20-15-9-5-4-7-13(15)12-6-2-3-8-14(12)16(17)18/h2-9H,10-11H2,1H3,(H,17,18). The van der Waals surface area contributed by atoms with Crippen LogP contribution in [0.5, 0.6) is 5.75 Å². The van der Waals surface area contributed by atoms with Gasteiger partial charge < -0.3 is 14.6 Å². The number of aromatic carboxylic acids is 1.